The molecule has 5 aromatic rings. The van der Waals surface area contributed by atoms with Crippen molar-refractivity contribution in [3.63, 3.8) is 0 Å². The molecule has 13 heteroatoms. The van der Waals surface area contributed by atoms with Crippen LogP contribution in [0.1, 0.15) is 32.0 Å². The van der Waals surface area contributed by atoms with E-state index in [2.05, 4.69) is 44.5 Å². The van der Waals surface area contributed by atoms with Crippen molar-refractivity contribution in [3.8, 4) is 27.9 Å². The van der Waals surface area contributed by atoms with Gasteiger partial charge in [-0.2, -0.15) is 14.5 Å². The van der Waals surface area contributed by atoms with Crippen molar-refractivity contribution in [2.75, 3.05) is 12.4 Å². The van der Waals surface area contributed by atoms with Crippen molar-refractivity contribution in [3.05, 3.63) is 95.2 Å². The Morgan fingerprint density at radius 3 is 2.54 bits per heavy atom. The first-order valence-electron chi connectivity index (χ1n) is 12.7. The summed E-state index contributed by atoms with van der Waals surface area (Å²) in [5.41, 5.74) is 3.52. The van der Waals surface area contributed by atoms with Gasteiger partial charge in [-0.25, -0.2) is 9.18 Å². The summed E-state index contributed by atoms with van der Waals surface area (Å²) in [6.07, 6.45) is 6.33. The number of tetrazole rings is 1. The molecule has 0 radical (unpaired) electrons. The van der Waals surface area contributed by atoms with Gasteiger partial charge in [0.2, 0.25) is 5.69 Å². The molecule has 0 aliphatic heterocycles. The van der Waals surface area contributed by atoms with Crippen LogP contribution in [0, 0.1) is 16.9 Å². The molecule has 2 aromatic carbocycles. The fraction of sp³-hybridized carbons (Fsp3) is 0.214. The Morgan fingerprint density at radius 2 is 1.88 bits per heavy atom. The second-order valence-electron chi connectivity index (χ2n) is 9.73. The van der Waals surface area contributed by atoms with E-state index in [0.717, 1.165) is 15.9 Å². The van der Waals surface area contributed by atoms with Gasteiger partial charge < -0.3 is 9.94 Å². The van der Waals surface area contributed by atoms with Gasteiger partial charge in [-0.05, 0) is 58.7 Å². The second kappa shape index (κ2) is 11.7. The van der Waals surface area contributed by atoms with Crippen LogP contribution in [0.5, 0.6) is 0 Å². The van der Waals surface area contributed by atoms with Crippen molar-refractivity contribution in [1.29, 1.82) is 0 Å². The Morgan fingerprint density at radius 1 is 1.12 bits per heavy atom. The number of methoxy groups -OCH3 is 1. The zero-order chi connectivity index (χ0) is 29.1. The molecule has 0 saturated heterocycles. The maximum atomic E-state index is 15.3. The van der Waals surface area contributed by atoms with E-state index in [0.29, 0.717) is 29.1 Å². The largest absolute Gasteiger partial charge is 0.618 e. The van der Waals surface area contributed by atoms with Crippen LogP contribution in [0.2, 0.25) is 5.02 Å². The van der Waals surface area contributed by atoms with Crippen LogP contribution < -0.4 is 10.0 Å². The molecule has 0 bridgehead atoms. The highest BCUT2D eigenvalue weighted by atomic mass is 35.5. The van der Waals surface area contributed by atoms with Crippen LogP contribution in [0.3, 0.4) is 0 Å². The molecule has 5 rings (SSSR count). The van der Waals surface area contributed by atoms with Crippen molar-refractivity contribution in [2.24, 2.45) is 5.92 Å². The molecule has 0 aliphatic rings. The third-order valence-corrected chi connectivity index (χ3v) is 6.80. The fourth-order valence-electron chi connectivity index (χ4n) is 4.56. The van der Waals surface area contributed by atoms with Crippen molar-refractivity contribution < 1.29 is 18.7 Å². The van der Waals surface area contributed by atoms with Crippen LogP contribution in [-0.2, 0) is 4.74 Å². The lowest BCUT2D eigenvalue weighted by atomic mass is 9.99. The summed E-state index contributed by atoms with van der Waals surface area (Å²) in [6.45, 7) is 4.13. The van der Waals surface area contributed by atoms with Crippen LogP contribution in [-0.4, -0.2) is 43.2 Å². The van der Waals surface area contributed by atoms with Crippen LogP contribution >= 0.6 is 11.6 Å². The third-order valence-electron chi connectivity index (χ3n) is 6.51. The number of benzene rings is 2. The first-order valence-corrected chi connectivity index (χ1v) is 13.1. The molecule has 1 atom stereocenters. The van der Waals surface area contributed by atoms with Crippen LogP contribution in [0.4, 0.5) is 14.9 Å². The lowest BCUT2D eigenvalue weighted by Gasteiger charge is -2.20. The predicted molar refractivity (Wildman–Crippen MR) is 150 cm³/mol. The molecule has 0 unspecified atom stereocenters. The zero-order valence-corrected chi connectivity index (χ0v) is 23.2. The van der Waals surface area contributed by atoms with E-state index in [1.807, 2.05) is 18.3 Å². The summed E-state index contributed by atoms with van der Waals surface area (Å²) in [6, 6.07) is 13.2. The summed E-state index contributed by atoms with van der Waals surface area (Å²) >= 11 is 6.09. The quantitative estimate of drug-likeness (QED) is 0.193. The maximum Gasteiger partial charge on any atom is 0.411 e. The number of nitrogens with zero attached hydrogens (tertiary/aromatic N) is 7. The lowest BCUT2D eigenvalue weighted by Crippen LogP contribution is -2.36. The third kappa shape index (κ3) is 5.87. The standard InChI is InChI=1S/C28H26ClFN8O3/c1-17(2)12-25(36-14-20(13-32-36)18-4-7-21(8-5-18)33-28(39)41-3)23-10-6-19(15-38(23)40)26-24(37-16-31-34-35-37)11-9-22(29)27(26)30/h4-11,13-17,25H,12H2,1-3H3,(H,33,39)/t25-/m0/s1. The van der Waals surface area contributed by atoms with Crippen molar-refractivity contribution in [2.45, 2.75) is 26.3 Å². The van der Waals surface area contributed by atoms with E-state index in [9.17, 15) is 10.0 Å². The number of carbonyl (C=O) groups excluding carboxylic acids is 1. The summed E-state index contributed by atoms with van der Waals surface area (Å²) in [5, 5.41) is 31.7. The molecule has 1 amide bonds. The Balaban J connectivity index is 1.49. The van der Waals surface area contributed by atoms with Gasteiger partial charge in [-0.15, -0.1) is 5.10 Å². The minimum Gasteiger partial charge on any atom is -0.618 e. The number of anilines is 1. The number of hydrogen-bond acceptors (Lipinski definition) is 7. The van der Waals surface area contributed by atoms with E-state index < -0.39 is 18.0 Å². The van der Waals surface area contributed by atoms with Crippen LogP contribution in [0.25, 0.3) is 27.9 Å². The molecule has 1 N–H and O–H groups in total. The van der Waals surface area contributed by atoms with Crippen molar-refractivity contribution in [1.82, 2.24) is 30.0 Å². The minimum absolute atomic E-state index is 0.0887. The summed E-state index contributed by atoms with van der Waals surface area (Å²) in [4.78, 5) is 11.5. The van der Waals surface area contributed by atoms with Gasteiger partial charge >= 0.3 is 6.09 Å². The van der Waals surface area contributed by atoms with E-state index >= 15 is 4.39 Å². The SMILES string of the molecule is COC(=O)Nc1ccc(-c2cnn([C@@H](CC(C)C)c3ccc(-c4c(-n5cnnn5)ccc(Cl)c4F)c[n+]3[O-])c2)cc1. The van der Waals surface area contributed by atoms with Gasteiger partial charge in [0.25, 0.3) is 0 Å². The number of rotatable bonds is 8. The Hall–Kier alpha value is -4.84. The molecule has 0 saturated carbocycles. The Kier molecular flexibility index (Phi) is 7.92. The van der Waals surface area contributed by atoms with Crippen molar-refractivity contribution >= 4 is 23.4 Å². The van der Waals surface area contributed by atoms with Gasteiger partial charge in [-0.3, -0.25) is 10.00 Å². The van der Waals surface area contributed by atoms with Gasteiger partial charge in [0.05, 0.1) is 35.1 Å². The maximum absolute atomic E-state index is 15.3. The molecule has 210 valence electrons. The number of halogens is 2. The number of hydrogen-bond donors (Lipinski definition) is 1. The molecular weight excluding hydrogens is 551 g/mol. The molecule has 41 heavy (non-hydrogen) atoms. The summed E-state index contributed by atoms with van der Waals surface area (Å²) in [7, 11) is 1.30. The molecule has 0 spiro atoms. The van der Waals surface area contributed by atoms with E-state index in [-0.39, 0.29) is 16.5 Å². The number of ether oxygens (including phenoxy) is 1. The number of nitrogens with one attached hydrogen (secondary N) is 1. The fourth-order valence-corrected chi connectivity index (χ4v) is 4.72. The van der Waals surface area contributed by atoms with Gasteiger partial charge in [-0.1, -0.05) is 37.6 Å². The topological polar surface area (TPSA) is 127 Å². The smallest absolute Gasteiger partial charge is 0.411 e. The number of carbonyl (C=O) groups is 1. The average molecular weight is 577 g/mol. The molecule has 3 heterocycles. The molecule has 0 fully saturated rings. The second-order valence-corrected chi connectivity index (χ2v) is 10.1. The highest BCUT2D eigenvalue weighted by Gasteiger charge is 2.26. The summed E-state index contributed by atoms with van der Waals surface area (Å²) in [5.74, 6) is -0.441. The number of aromatic nitrogens is 7. The zero-order valence-electron chi connectivity index (χ0n) is 22.4. The lowest BCUT2D eigenvalue weighted by molar-refractivity contribution is -0.615. The van der Waals surface area contributed by atoms with Gasteiger partial charge in [0.1, 0.15) is 12.4 Å². The molecule has 0 aliphatic carbocycles. The molecular formula is C28H26ClFN8O3. The monoisotopic (exact) mass is 576 g/mol. The van der Waals surface area contributed by atoms with Crippen LogP contribution in [0.15, 0.2) is 73.4 Å². The van der Waals surface area contributed by atoms with Gasteiger partial charge in [0, 0.05) is 23.5 Å². The Labute approximate surface area is 239 Å². The highest BCUT2D eigenvalue weighted by molar-refractivity contribution is 6.31. The van der Waals surface area contributed by atoms with E-state index in [1.165, 1.54) is 30.4 Å². The van der Waals surface area contributed by atoms with E-state index in [1.54, 1.807) is 41.2 Å². The van der Waals surface area contributed by atoms with Gasteiger partial charge in [0.15, 0.2) is 12.0 Å². The summed E-state index contributed by atoms with van der Waals surface area (Å²) < 4.78 is 23.7. The molecule has 11 nitrogen and oxygen atoms in total. The number of pyridine rings is 1. The average Bonchev–Trinajstić information content (AvgIpc) is 3.67. The number of amides is 1. The Bertz CT molecular complexity index is 1670. The highest BCUT2D eigenvalue weighted by Crippen LogP contribution is 2.34. The predicted octanol–water partition coefficient (Wildman–Crippen LogP) is 5.43. The first-order chi connectivity index (χ1) is 19.7. The normalized spacial score (nSPS) is 12.0. The minimum atomic E-state index is -0.685. The molecule has 3 aromatic heterocycles. The first kappa shape index (κ1) is 27.7. The van der Waals surface area contributed by atoms with E-state index in [4.69, 9.17) is 11.6 Å².